The average Bonchev–Trinajstić information content (AvgIpc) is 2.51. The van der Waals surface area contributed by atoms with Crippen LogP contribution in [-0.4, -0.2) is 25.8 Å². The summed E-state index contributed by atoms with van der Waals surface area (Å²) in [7, 11) is 0. The SMILES string of the molecule is NC(=O)Cc1ncnc2nc[nH]c12. The highest BCUT2D eigenvalue weighted by Crippen LogP contribution is 2.08. The van der Waals surface area contributed by atoms with E-state index < -0.39 is 5.91 Å². The van der Waals surface area contributed by atoms with E-state index in [9.17, 15) is 4.79 Å². The zero-order chi connectivity index (χ0) is 9.26. The van der Waals surface area contributed by atoms with Gasteiger partial charge in [0.05, 0.1) is 18.4 Å². The topological polar surface area (TPSA) is 97.6 Å². The van der Waals surface area contributed by atoms with Crippen LogP contribution in [0, 0.1) is 0 Å². The van der Waals surface area contributed by atoms with Crippen molar-refractivity contribution >= 4 is 17.1 Å². The van der Waals surface area contributed by atoms with E-state index in [1.165, 1.54) is 12.7 Å². The lowest BCUT2D eigenvalue weighted by atomic mass is 10.2. The Balaban J connectivity index is 2.54. The van der Waals surface area contributed by atoms with E-state index in [2.05, 4.69) is 19.9 Å². The van der Waals surface area contributed by atoms with Crippen LogP contribution in [0.5, 0.6) is 0 Å². The highest BCUT2D eigenvalue weighted by atomic mass is 16.1. The fourth-order valence-electron chi connectivity index (χ4n) is 1.11. The van der Waals surface area contributed by atoms with Crippen molar-refractivity contribution < 1.29 is 4.79 Å². The first-order valence-corrected chi connectivity index (χ1v) is 3.68. The van der Waals surface area contributed by atoms with Crippen LogP contribution in [0.15, 0.2) is 12.7 Å². The number of carbonyl (C=O) groups is 1. The molecule has 0 atom stereocenters. The lowest BCUT2D eigenvalue weighted by Gasteiger charge is -1.96. The van der Waals surface area contributed by atoms with E-state index in [0.29, 0.717) is 16.9 Å². The number of amides is 1. The number of rotatable bonds is 2. The van der Waals surface area contributed by atoms with Gasteiger partial charge in [0.25, 0.3) is 0 Å². The number of fused-ring (bicyclic) bond motifs is 1. The van der Waals surface area contributed by atoms with Crippen LogP contribution < -0.4 is 5.73 Å². The number of nitrogens with one attached hydrogen (secondary N) is 1. The largest absolute Gasteiger partial charge is 0.369 e. The number of aromatic amines is 1. The lowest BCUT2D eigenvalue weighted by Crippen LogP contribution is -2.15. The van der Waals surface area contributed by atoms with Crippen molar-refractivity contribution in [1.82, 2.24) is 19.9 Å². The maximum absolute atomic E-state index is 10.7. The van der Waals surface area contributed by atoms with Crippen molar-refractivity contribution in [3.05, 3.63) is 18.3 Å². The molecule has 0 radical (unpaired) electrons. The van der Waals surface area contributed by atoms with Gasteiger partial charge in [0, 0.05) is 0 Å². The van der Waals surface area contributed by atoms with Gasteiger partial charge < -0.3 is 10.7 Å². The molecule has 1 amide bonds. The maximum atomic E-state index is 10.7. The number of nitrogens with zero attached hydrogens (tertiary/aromatic N) is 3. The summed E-state index contributed by atoms with van der Waals surface area (Å²) in [6.07, 6.45) is 2.96. The van der Waals surface area contributed by atoms with Gasteiger partial charge in [-0.1, -0.05) is 0 Å². The number of hydrogen-bond acceptors (Lipinski definition) is 4. The van der Waals surface area contributed by atoms with Crippen LogP contribution in [-0.2, 0) is 11.2 Å². The van der Waals surface area contributed by atoms with Gasteiger partial charge >= 0.3 is 0 Å². The Labute approximate surface area is 73.2 Å². The second-order valence-corrected chi connectivity index (χ2v) is 2.56. The van der Waals surface area contributed by atoms with Crippen LogP contribution in [0.1, 0.15) is 5.69 Å². The number of imidazole rings is 1. The van der Waals surface area contributed by atoms with Crippen LogP contribution in [0.25, 0.3) is 11.2 Å². The quantitative estimate of drug-likeness (QED) is 0.638. The summed E-state index contributed by atoms with van der Waals surface area (Å²) in [6.45, 7) is 0. The Morgan fingerprint density at radius 3 is 3.08 bits per heavy atom. The zero-order valence-electron chi connectivity index (χ0n) is 6.69. The molecule has 0 aliphatic rings. The summed E-state index contributed by atoms with van der Waals surface area (Å²) in [6, 6.07) is 0. The minimum Gasteiger partial charge on any atom is -0.369 e. The summed E-state index contributed by atoms with van der Waals surface area (Å²) >= 11 is 0. The van der Waals surface area contributed by atoms with Crippen molar-refractivity contribution in [2.75, 3.05) is 0 Å². The number of H-pyrrole nitrogens is 1. The first kappa shape index (κ1) is 7.66. The molecule has 13 heavy (non-hydrogen) atoms. The molecule has 6 heteroatoms. The Morgan fingerprint density at radius 2 is 2.31 bits per heavy atom. The fourth-order valence-corrected chi connectivity index (χ4v) is 1.11. The molecule has 0 bridgehead atoms. The van der Waals surface area contributed by atoms with Crippen LogP contribution in [0.2, 0.25) is 0 Å². The van der Waals surface area contributed by atoms with Crippen molar-refractivity contribution in [2.45, 2.75) is 6.42 Å². The molecular weight excluding hydrogens is 170 g/mol. The normalized spacial score (nSPS) is 10.5. The predicted octanol–water partition coefficient (Wildman–Crippen LogP) is -0.619. The molecule has 0 unspecified atom stereocenters. The van der Waals surface area contributed by atoms with Gasteiger partial charge in [0.15, 0.2) is 5.65 Å². The standard InChI is InChI=1S/C7H7N5O/c8-5(13)1-4-6-7(11-2-9-4)12-3-10-6/h2-3H,1H2,(H2,8,13)(H,9,10,11,12). The minimum absolute atomic E-state index is 0.0984. The Hall–Kier alpha value is -1.98. The van der Waals surface area contributed by atoms with Crippen molar-refractivity contribution in [1.29, 1.82) is 0 Å². The molecule has 2 heterocycles. The van der Waals surface area contributed by atoms with Crippen molar-refractivity contribution in [3.63, 3.8) is 0 Å². The Bertz CT molecular complexity index is 449. The van der Waals surface area contributed by atoms with Gasteiger partial charge in [-0.25, -0.2) is 15.0 Å². The van der Waals surface area contributed by atoms with Crippen LogP contribution in [0.4, 0.5) is 0 Å². The van der Waals surface area contributed by atoms with E-state index in [0.717, 1.165) is 0 Å². The molecule has 0 aliphatic carbocycles. The summed E-state index contributed by atoms with van der Waals surface area (Å²) in [5.74, 6) is -0.422. The zero-order valence-corrected chi connectivity index (χ0v) is 6.69. The summed E-state index contributed by atoms with van der Waals surface area (Å²) in [4.78, 5) is 25.3. The minimum atomic E-state index is -0.422. The second kappa shape index (κ2) is 2.81. The molecule has 2 rings (SSSR count). The second-order valence-electron chi connectivity index (χ2n) is 2.56. The van der Waals surface area contributed by atoms with Gasteiger partial charge in [-0.05, 0) is 0 Å². The third kappa shape index (κ3) is 1.33. The molecule has 0 aliphatic heterocycles. The summed E-state index contributed by atoms with van der Waals surface area (Å²) in [5.41, 5.74) is 6.84. The Morgan fingerprint density at radius 1 is 1.46 bits per heavy atom. The smallest absolute Gasteiger partial charge is 0.223 e. The number of hydrogen-bond donors (Lipinski definition) is 2. The predicted molar refractivity (Wildman–Crippen MR) is 44.6 cm³/mol. The Kier molecular flexibility index (Phi) is 1.66. The number of aromatic nitrogens is 4. The molecule has 3 N–H and O–H groups in total. The first-order valence-electron chi connectivity index (χ1n) is 3.68. The molecular formula is C7H7N5O. The molecule has 2 aromatic heterocycles. The van der Waals surface area contributed by atoms with Gasteiger partial charge in [-0.2, -0.15) is 0 Å². The third-order valence-electron chi connectivity index (χ3n) is 1.64. The maximum Gasteiger partial charge on any atom is 0.223 e. The fraction of sp³-hybridized carbons (Fsp3) is 0.143. The molecule has 66 valence electrons. The highest BCUT2D eigenvalue weighted by molar-refractivity contribution is 5.82. The van der Waals surface area contributed by atoms with E-state index >= 15 is 0 Å². The molecule has 0 aromatic carbocycles. The van der Waals surface area contributed by atoms with Crippen molar-refractivity contribution in [3.8, 4) is 0 Å². The first-order chi connectivity index (χ1) is 6.27. The number of nitrogens with two attached hydrogens (primary N) is 1. The van der Waals surface area contributed by atoms with E-state index in [4.69, 9.17) is 5.73 Å². The van der Waals surface area contributed by atoms with Crippen LogP contribution >= 0.6 is 0 Å². The molecule has 0 fully saturated rings. The van der Waals surface area contributed by atoms with Gasteiger partial charge in [-0.15, -0.1) is 0 Å². The van der Waals surface area contributed by atoms with Gasteiger partial charge in [-0.3, -0.25) is 4.79 Å². The van der Waals surface area contributed by atoms with E-state index in [-0.39, 0.29) is 6.42 Å². The molecule has 6 nitrogen and oxygen atoms in total. The number of primary amides is 1. The molecule has 0 spiro atoms. The van der Waals surface area contributed by atoms with Gasteiger partial charge in [0.2, 0.25) is 5.91 Å². The van der Waals surface area contributed by atoms with E-state index in [1.54, 1.807) is 0 Å². The summed E-state index contributed by atoms with van der Waals surface area (Å²) < 4.78 is 0. The van der Waals surface area contributed by atoms with E-state index in [1.807, 2.05) is 0 Å². The highest BCUT2D eigenvalue weighted by Gasteiger charge is 2.07. The average molecular weight is 177 g/mol. The number of carbonyl (C=O) groups excluding carboxylic acids is 1. The van der Waals surface area contributed by atoms with Gasteiger partial charge in [0.1, 0.15) is 11.8 Å². The monoisotopic (exact) mass is 177 g/mol. The summed E-state index contributed by atoms with van der Waals surface area (Å²) in [5, 5.41) is 0. The molecule has 0 saturated carbocycles. The molecule has 2 aromatic rings. The lowest BCUT2D eigenvalue weighted by molar-refractivity contribution is -0.117. The van der Waals surface area contributed by atoms with Crippen LogP contribution in [0.3, 0.4) is 0 Å². The third-order valence-corrected chi connectivity index (χ3v) is 1.64. The molecule has 0 saturated heterocycles. The van der Waals surface area contributed by atoms with Crippen molar-refractivity contribution in [2.24, 2.45) is 5.73 Å².